The van der Waals surface area contributed by atoms with Gasteiger partial charge in [0, 0.05) is 30.8 Å². The number of ether oxygens (including phenoxy) is 1. The topological polar surface area (TPSA) is 55.6 Å². The second kappa shape index (κ2) is 5.95. The summed E-state index contributed by atoms with van der Waals surface area (Å²) in [6, 6.07) is 8.05. The van der Waals surface area contributed by atoms with Crippen LogP contribution in [0, 0.1) is 11.8 Å². The van der Waals surface area contributed by atoms with Crippen molar-refractivity contribution in [1.82, 2.24) is 0 Å². The number of anilines is 1. The van der Waals surface area contributed by atoms with Gasteiger partial charge in [0.15, 0.2) is 0 Å². The third-order valence-corrected chi connectivity index (χ3v) is 4.02. The Hall–Kier alpha value is -1.71. The minimum Gasteiger partial charge on any atom is -0.497 e. The second-order valence-corrected chi connectivity index (χ2v) is 5.11. The van der Waals surface area contributed by atoms with Gasteiger partial charge in [-0.1, -0.05) is 13.0 Å². The number of amides is 1. The van der Waals surface area contributed by atoms with E-state index in [4.69, 9.17) is 10.5 Å². The van der Waals surface area contributed by atoms with Crippen LogP contribution in [0.2, 0.25) is 0 Å². The van der Waals surface area contributed by atoms with Gasteiger partial charge >= 0.3 is 0 Å². The van der Waals surface area contributed by atoms with E-state index in [0.717, 1.165) is 37.4 Å². The normalized spacial score (nSPS) is 20.3. The zero-order valence-electron chi connectivity index (χ0n) is 11.6. The molecule has 1 amide bonds. The summed E-state index contributed by atoms with van der Waals surface area (Å²) in [7, 11) is 1.67. The van der Waals surface area contributed by atoms with Crippen molar-refractivity contribution in [2.45, 2.75) is 19.8 Å². The minimum absolute atomic E-state index is 0.00407. The molecule has 1 aliphatic rings. The van der Waals surface area contributed by atoms with Gasteiger partial charge in [-0.15, -0.1) is 0 Å². The maximum absolute atomic E-state index is 11.4. The first kappa shape index (κ1) is 13.7. The van der Waals surface area contributed by atoms with Crippen molar-refractivity contribution < 1.29 is 9.53 Å². The number of methoxy groups -OCH3 is 1. The molecule has 1 heterocycles. The molecule has 1 aliphatic heterocycles. The van der Waals surface area contributed by atoms with E-state index in [1.54, 1.807) is 7.11 Å². The Kier molecular flexibility index (Phi) is 4.30. The predicted octanol–water partition coefficient (Wildman–Crippen LogP) is 2.03. The third kappa shape index (κ3) is 3.00. The summed E-state index contributed by atoms with van der Waals surface area (Å²) in [6.45, 7) is 3.90. The van der Waals surface area contributed by atoms with Crippen molar-refractivity contribution in [3.63, 3.8) is 0 Å². The maximum atomic E-state index is 11.4. The lowest BCUT2D eigenvalue weighted by Gasteiger charge is -2.22. The molecule has 2 N–H and O–H groups in total. The summed E-state index contributed by atoms with van der Waals surface area (Å²) in [6.07, 6.45) is 1.85. The zero-order valence-corrected chi connectivity index (χ0v) is 11.6. The number of hydrogen-bond acceptors (Lipinski definition) is 3. The van der Waals surface area contributed by atoms with E-state index >= 15 is 0 Å². The third-order valence-electron chi connectivity index (χ3n) is 4.02. The molecular formula is C15H22N2O2. The van der Waals surface area contributed by atoms with E-state index in [0.29, 0.717) is 5.92 Å². The van der Waals surface area contributed by atoms with Gasteiger partial charge in [0.05, 0.1) is 7.11 Å². The van der Waals surface area contributed by atoms with Crippen molar-refractivity contribution >= 4 is 11.6 Å². The number of rotatable bonds is 5. The predicted molar refractivity (Wildman–Crippen MR) is 76.3 cm³/mol. The van der Waals surface area contributed by atoms with E-state index in [-0.39, 0.29) is 11.8 Å². The highest BCUT2D eigenvalue weighted by Crippen LogP contribution is 2.31. The first-order valence-electron chi connectivity index (χ1n) is 6.84. The van der Waals surface area contributed by atoms with E-state index in [1.165, 1.54) is 0 Å². The molecule has 4 nitrogen and oxygen atoms in total. The van der Waals surface area contributed by atoms with Gasteiger partial charge in [-0.2, -0.15) is 0 Å². The molecule has 4 heteroatoms. The van der Waals surface area contributed by atoms with Crippen molar-refractivity contribution in [3.8, 4) is 5.75 Å². The molecule has 1 fully saturated rings. The second-order valence-electron chi connectivity index (χ2n) is 5.11. The molecule has 1 aromatic rings. The molecule has 2 rings (SSSR count). The van der Waals surface area contributed by atoms with Gasteiger partial charge < -0.3 is 15.4 Å². The lowest BCUT2D eigenvalue weighted by Crippen LogP contribution is -2.31. The lowest BCUT2D eigenvalue weighted by molar-refractivity contribution is -0.123. The Morgan fingerprint density at radius 2 is 2.37 bits per heavy atom. The highest BCUT2D eigenvalue weighted by molar-refractivity contribution is 5.77. The molecule has 1 aromatic carbocycles. The lowest BCUT2D eigenvalue weighted by atomic mass is 9.89. The summed E-state index contributed by atoms with van der Waals surface area (Å²) in [5, 5.41) is 0. The van der Waals surface area contributed by atoms with E-state index in [9.17, 15) is 4.79 Å². The number of benzene rings is 1. The molecule has 2 atom stereocenters. The molecule has 0 saturated carbocycles. The molecule has 0 spiro atoms. The van der Waals surface area contributed by atoms with Gasteiger partial charge in [0.1, 0.15) is 5.75 Å². The van der Waals surface area contributed by atoms with Crippen LogP contribution in [0.3, 0.4) is 0 Å². The molecule has 1 unspecified atom stereocenters. The summed E-state index contributed by atoms with van der Waals surface area (Å²) < 4.78 is 5.25. The highest BCUT2D eigenvalue weighted by Gasteiger charge is 2.31. The van der Waals surface area contributed by atoms with Crippen molar-refractivity contribution in [2.75, 3.05) is 25.1 Å². The quantitative estimate of drug-likeness (QED) is 0.883. The zero-order chi connectivity index (χ0) is 13.8. The molecular weight excluding hydrogens is 240 g/mol. The molecule has 0 bridgehead atoms. The first-order valence-corrected chi connectivity index (χ1v) is 6.84. The van der Waals surface area contributed by atoms with Crippen LogP contribution in [-0.2, 0) is 4.79 Å². The van der Waals surface area contributed by atoms with Gasteiger partial charge in [0.2, 0.25) is 5.91 Å². The molecule has 104 valence electrons. The fourth-order valence-electron chi connectivity index (χ4n) is 2.92. The Bertz CT molecular complexity index is 448. The SMILES string of the molecule is CC[C@H](C(N)=O)C1CCN(c2cccc(OC)c2)C1. The Balaban J connectivity index is 2.07. The van der Waals surface area contributed by atoms with Crippen LogP contribution in [0.5, 0.6) is 5.75 Å². The molecule has 0 aromatic heterocycles. The van der Waals surface area contributed by atoms with Crippen LogP contribution >= 0.6 is 0 Å². The van der Waals surface area contributed by atoms with Crippen LogP contribution < -0.4 is 15.4 Å². The highest BCUT2D eigenvalue weighted by atomic mass is 16.5. The molecule has 1 saturated heterocycles. The smallest absolute Gasteiger partial charge is 0.220 e. The standard InChI is InChI=1S/C15H22N2O2/c1-3-14(15(16)18)11-7-8-17(10-11)12-5-4-6-13(9-12)19-2/h4-6,9,11,14H,3,7-8,10H2,1-2H3,(H2,16,18)/t11?,14-/m0/s1. The Labute approximate surface area is 114 Å². The van der Waals surface area contributed by atoms with Gasteiger partial charge in [-0.25, -0.2) is 0 Å². The van der Waals surface area contributed by atoms with Gasteiger partial charge in [-0.05, 0) is 30.9 Å². The maximum Gasteiger partial charge on any atom is 0.220 e. The summed E-state index contributed by atoms with van der Waals surface area (Å²) in [4.78, 5) is 13.7. The van der Waals surface area contributed by atoms with Crippen LogP contribution in [0.25, 0.3) is 0 Å². The van der Waals surface area contributed by atoms with E-state index in [1.807, 2.05) is 25.1 Å². The number of primary amides is 1. The molecule has 0 radical (unpaired) electrons. The molecule has 0 aliphatic carbocycles. The van der Waals surface area contributed by atoms with Crippen molar-refractivity contribution in [3.05, 3.63) is 24.3 Å². The number of carbonyl (C=O) groups excluding carboxylic acids is 1. The Morgan fingerprint density at radius 1 is 1.58 bits per heavy atom. The van der Waals surface area contributed by atoms with Gasteiger partial charge in [0.25, 0.3) is 0 Å². The average Bonchev–Trinajstić information content (AvgIpc) is 2.89. The summed E-state index contributed by atoms with van der Waals surface area (Å²) >= 11 is 0. The summed E-state index contributed by atoms with van der Waals surface area (Å²) in [5.74, 6) is 1.06. The summed E-state index contributed by atoms with van der Waals surface area (Å²) in [5.41, 5.74) is 6.63. The largest absolute Gasteiger partial charge is 0.497 e. The van der Waals surface area contributed by atoms with E-state index < -0.39 is 0 Å². The monoisotopic (exact) mass is 262 g/mol. The molecule has 19 heavy (non-hydrogen) atoms. The van der Waals surface area contributed by atoms with Crippen LogP contribution in [0.1, 0.15) is 19.8 Å². The van der Waals surface area contributed by atoms with Gasteiger partial charge in [-0.3, -0.25) is 4.79 Å². The van der Waals surface area contributed by atoms with Crippen molar-refractivity contribution in [1.29, 1.82) is 0 Å². The first-order chi connectivity index (χ1) is 9.15. The van der Waals surface area contributed by atoms with Crippen molar-refractivity contribution in [2.24, 2.45) is 17.6 Å². The number of carbonyl (C=O) groups is 1. The number of hydrogen-bond donors (Lipinski definition) is 1. The average molecular weight is 262 g/mol. The van der Waals surface area contributed by atoms with Crippen LogP contribution in [-0.4, -0.2) is 26.1 Å². The fraction of sp³-hybridized carbons (Fsp3) is 0.533. The van der Waals surface area contributed by atoms with E-state index in [2.05, 4.69) is 11.0 Å². The number of nitrogens with two attached hydrogens (primary N) is 1. The number of nitrogens with zero attached hydrogens (tertiary/aromatic N) is 1. The fourth-order valence-corrected chi connectivity index (χ4v) is 2.92. The van der Waals surface area contributed by atoms with Crippen LogP contribution in [0.4, 0.5) is 5.69 Å². The minimum atomic E-state index is -0.167. The van der Waals surface area contributed by atoms with Crippen LogP contribution in [0.15, 0.2) is 24.3 Å². The Morgan fingerprint density at radius 3 is 3.00 bits per heavy atom.